The van der Waals surface area contributed by atoms with Crippen molar-refractivity contribution >= 4 is 17.6 Å². The molecule has 1 aliphatic rings. The van der Waals surface area contributed by atoms with E-state index >= 15 is 0 Å². The van der Waals surface area contributed by atoms with E-state index < -0.39 is 0 Å². The first-order valence-corrected chi connectivity index (χ1v) is 10.5. The summed E-state index contributed by atoms with van der Waals surface area (Å²) in [6.45, 7) is 3.04. The predicted molar refractivity (Wildman–Crippen MR) is 118 cm³/mol. The zero-order valence-electron chi connectivity index (χ0n) is 17.4. The van der Waals surface area contributed by atoms with E-state index in [1.54, 1.807) is 15.9 Å². The first kappa shape index (κ1) is 20.6. The summed E-state index contributed by atoms with van der Waals surface area (Å²) in [5, 5.41) is 10.1. The van der Waals surface area contributed by atoms with Crippen molar-refractivity contribution in [1.29, 1.82) is 0 Å². The van der Waals surface area contributed by atoms with Crippen LogP contribution in [0.2, 0.25) is 0 Å². The standard InChI is InChI=1S/C23H26N6O2/c1-17(18-9-11-21(12-10-18)29-16-24-15-25-29)26-22(30)19-6-5-13-28(14-19)23(31)27-20-7-3-2-4-8-20/h2-4,7-12,15-17,19H,5-6,13-14H2,1H3,(H,26,30)(H,27,31)/t17-,19-/m1/s1. The van der Waals surface area contributed by atoms with Crippen LogP contribution in [0.1, 0.15) is 31.4 Å². The van der Waals surface area contributed by atoms with Crippen molar-refractivity contribution in [2.75, 3.05) is 18.4 Å². The van der Waals surface area contributed by atoms with Gasteiger partial charge in [-0.05, 0) is 49.6 Å². The molecule has 0 spiro atoms. The number of likely N-dealkylation sites (tertiary alicyclic amines) is 1. The van der Waals surface area contributed by atoms with Gasteiger partial charge in [0.1, 0.15) is 12.7 Å². The molecule has 0 unspecified atom stereocenters. The Morgan fingerprint density at radius 3 is 2.58 bits per heavy atom. The molecule has 1 aromatic heterocycles. The van der Waals surface area contributed by atoms with Crippen LogP contribution in [0.5, 0.6) is 0 Å². The molecule has 3 amide bonds. The van der Waals surface area contributed by atoms with Crippen LogP contribution < -0.4 is 10.6 Å². The number of aromatic nitrogens is 3. The maximum absolute atomic E-state index is 12.9. The molecule has 0 aliphatic carbocycles. The molecule has 8 nitrogen and oxygen atoms in total. The second-order valence-electron chi connectivity index (χ2n) is 7.74. The Morgan fingerprint density at radius 2 is 1.87 bits per heavy atom. The lowest BCUT2D eigenvalue weighted by molar-refractivity contribution is -0.126. The number of carbonyl (C=O) groups is 2. The summed E-state index contributed by atoms with van der Waals surface area (Å²) in [4.78, 5) is 31.1. The summed E-state index contributed by atoms with van der Waals surface area (Å²) >= 11 is 0. The number of rotatable bonds is 5. The minimum absolute atomic E-state index is 0.0231. The summed E-state index contributed by atoms with van der Waals surface area (Å²) in [6, 6.07) is 16.9. The minimum Gasteiger partial charge on any atom is -0.349 e. The first-order valence-electron chi connectivity index (χ1n) is 10.5. The number of carbonyl (C=O) groups excluding carboxylic acids is 2. The van der Waals surface area contributed by atoms with Gasteiger partial charge in [-0.1, -0.05) is 30.3 Å². The third-order valence-corrected chi connectivity index (χ3v) is 5.54. The van der Waals surface area contributed by atoms with Crippen LogP contribution in [-0.4, -0.2) is 44.7 Å². The number of hydrogen-bond acceptors (Lipinski definition) is 4. The van der Waals surface area contributed by atoms with E-state index in [1.165, 1.54) is 6.33 Å². The molecule has 8 heteroatoms. The molecule has 1 aliphatic heterocycles. The third kappa shape index (κ3) is 5.09. The van der Waals surface area contributed by atoms with Crippen molar-refractivity contribution < 1.29 is 9.59 Å². The van der Waals surface area contributed by atoms with Gasteiger partial charge in [-0.2, -0.15) is 5.10 Å². The molecule has 4 rings (SSSR count). The summed E-state index contributed by atoms with van der Waals surface area (Å²) in [5.41, 5.74) is 2.67. The zero-order chi connectivity index (χ0) is 21.6. The molecule has 2 heterocycles. The number of urea groups is 1. The van der Waals surface area contributed by atoms with Gasteiger partial charge in [-0.25, -0.2) is 14.5 Å². The molecule has 0 bridgehead atoms. The average Bonchev–Trinajstić information content (AvgIpc) is 3.35. The summed E-state index contributed by atoms with van der Waals surface area (Å²) in [7, 11) is 0. The van der Waals surface area contributed by atoms with Gasteiger partial charge in [0, 0.05) is 18.8 Å². The quantitative estimate of drug-likeness (QED) is 0.664. The highest BCUT2D eigenvalue weighted by Crippen LogP contribution is 2.21. The van der Waals surface area contributed by atoms with Gasteiger partial charge in [-0.3, -0.25) is 4.79 Å². The number of nitrogens with one attached hydrogen (secondary N) is 2. The number of amides is 3. The van der Waals surface area contributed by atoms with E-state index in [2.05, 4.69) is 20.7 Å². The van der Waals surface area contributed by atoms with Crippen LogP contribution in [-0.2, 0) is 4.79 Å². The molecule has 0 saturated carbocycles. The van der Waals surface area contributed by atoms with Crippen LogP contribution in [0.4, 0.5) is 10.5 Å². The number of piperidine rings is 1. The Balaban J connectivity index is 1.32. The maximum atomic E-state index is 12.9. The Hall–Kier alpha value is -3.68. The van der Waals surface area contributed by atoms with Crippen molar-refractivity contribution in [3.05, 3.63) is 72.8 Å². The van der Waals surface area contributed by atoms with Gasteiger partial charge in [-0.15, -0.1) is 0 Å². The SMILES string of the molecule is C[C@@H](NC(=O)[C@@H]1CCCN(C(=O)Nc2ccccc2)C1)c1ccc(-n2cncn2)cc1. The first-order chi connectivity index (χ1) is 15.1. The molecule has 2 N–H and O–H groups in total. The van der Waals surface area contributed by atoms with E-state index in [0.717, 1.165) is 29.8 Å². The molecule has 3 aromatic rings. The Kier molecular flexibility index (Phi) is 6.26. The number of anilines is 1. The second-order valence-corrected chi connectivity index (χ2v) is 7.74. The summed E-state index contributed by atoms with van der Waals surface area (Å²) < 4.78 is 1.68. The van der Waals surface area contributed by atoms with Crippen molar-refractivity contribution in [1.82, 2.24) is 25.0 Å². The smallest absolute Gasteiger partial charge is 0.321 e. The highest BCUT2D eigenvalue weighted by molar-refractivity contribution is 5.90. The van der Waals surface area contributed by atoms with Crippen LogP contribution in [0.15, 0.2) is 67.3 Å². The molecule has 2 atom stereocenters. The number of nitrogens with zero attached hydrogens (tertiary/aromatic N) is 4. The van der Waals surface area contributed by atoms with Gasteiger partial charge in [0.15, 0.2) is 0 Å². The summed E-state index contributed by atoms with van der Waals surface area (Å²) in [6.07, 6.45) is 4.72. The molecule has 160 valence electrons. The highest BCUT2D eigenvalue weighted by atomic mass is 16.2. The van der Waals surface area contributed by atoms with Crippen LogP contribution >= 0.6 is 0 Å². The van der Waals surface area contributed by atoms with Crippen molar-refractivity contribution in [2.24, 2.45) is 5.92 Å². The van der Waals surface area contributed by atoms with Crippen molar-refractivity contribution in [3.8, 4) is 5.69 Å². The topological polar surface area (TPSA) is 92.2 Å². The molecule has 31 heavy (non-hydrogen) atoms. The lowest BCUT2D eigenvalue weighted by Crippen LogP contribution is -2.47. The lowest BCUT2D eigenvalue weighted by atomic mass is 9.96. The van der Waals surface area contributed by atoms with E-state index in [0.29, 0.717) is 13.1 Å². The Bertz CT molecular complexity index is 1000. The molecular weight excluding hydrogens is 392 g/mol. The fourth-order valence-electron chi connectivity index (χ4n) is 3.77. The van der Waals surface area contributed by atoms with Gasteiger partial charge >= 0.3 is 6.03 Å². The van der Waals surface area contributed by atoms with E-state index in [1.807, 2.05) is 61.5 Å². The largest absolute Gasteiger partial charge is 0.349 e. The number of hydrogen-bond donors (Lipinski definition) is 2. The van der Waals surface area contributed by atoms with Gasteiger partial charge in [0.25, 0.3) is 0 Å². The molecule has 1 saturated heterocycles. The van der Waals surface area contributed by atoms with Crippen molar-refractivity contribution in [3.63, 3.8) is 0 Å². The Labute approximate surface area is 181 Å². The van der Waals surface area contributed by atoms with Crippen LogP contribution in [0.25, 0.3) is 5.69 Å². The fourth-order valence-corrected chi connectivity index (χ4v) is 3.77. The Morgan fingerprint density at radius 1 is 1.10 bits per heavy atom. The molecule has 1 fully saturated rings. The zero-order valence-corrected chi connectivity index (χ0v) is 17.4. The van der Waals surface area contributed by atoms with Gasteiger partial charge < -0.3 is 15.5 Å². The minimum atomic E-state index is -0.216. The number of para-hydroxylation sites is 1. The van der Waals surface area contributed by atoms with Crippen LogP contribution in [0.3, 0.4) is 0 Å². The van der Waals surface area contributed by atoms with Gasteiger partial charge in [0.2, 0.25) is 5.91 Å². The molecular formula is C23H26N6O2. The molecule has 2 aromatic carbocycles. The van der Waals surface area contributed by atoms with E-state index in [-0.39, 0.29) is 23.9 Å². The fraction of sp³-hybridized carbons (Fsp3) is 0.304. The average molecular weight is 419 g/mol. The summed E-state index contributed by atoms with van der Waals surface area (Å²) in [5.74, 6) is -0.239. The van der Waals surface area contributed by atoms with Crippen molar-refractivity contribution in [2.45, 2.75) is 25.8 Å². The van der Waals surface area contributed by atoms with Gasteiger partial charge in [0.05, 0.1) is 17.6 Å². The maximum Gasteiger partial charge on any atom is 0.321 e. The second kappa shape index (κ2) is 9.42. The van der Waals surface area contributed by atoms with E-state index in [4.69, 9.17) is 0 Å². The monoisotopic (exact) mass is 418 g/mol. The number of benzene rings is 2. The predicted octanol–water partition coefficient (Wildman–Crippen LogP) is 3.39. The van der Waals surface area contributed by atoms with Crippen LogP contribution in [0, 0.1) is 5.92 Å². The van der Waals surface area contributed by atoms with E-state index in [9.17, 15) is 9.59 Å². The lowest BCUT2D eigenvalue weighted by Gasteiger charge is -2.32. The molecule has 0 radical (unpaired) electrons. The normalized spacial score (nSPS) is 17.1. The third-order valence-electron chi connectivity index (χ3n) is 5.54. The highest BCUT2D eigenvalue weighted by Gasteiger charge is 2.29.